The zero-order valence-corrected chi connectivity index (χ0v) is 11.7. The molecule has 0 radical (unpaired) electrons. The van der Waals surface area contributed by atoms with Crippen LogP contribution < -0.4 is 0 Å². The summed E-state index contributed by atoms with van der Waals surface area (Å²) in [5, 5.41) is 8.87. The van der Waals surface area contributed by atoms with Gasteiger partial charge in [0.2, 0.25) is 0 Å². The van der Waals surface area contributed by atoms with Crippen LogP contribution in [0.1, 0.15) is 43.7 Å². The highest BCUT2D eigenvalue weighted by atomic mass is 32.1. The molecule has 5 heteroatoms. The Labute approximate surface area is 112 Å². The minimum Gasteiger partial charge on any atom is -0.481 e. The van der Waals surface area contributed by atoms with E-state index in [2.05, 4.69) is 23.7 Å². The second-order valence-electron chi connectivity index (χ2n) is 5.09. The van der Waals surface area contributed by atoms with Gasteiger partial charge < -0.3 is 5.11 Å². The van der Waals surface area contributed by atoms with Gasteiger partial charge in [-0.25, -0.2) is 4.98 Å². The van der Waals surface area contributed by atoms with Gasteiger partial charge >= 0.3 is 5.97 Å². The number of hydrogen-bond donors (Lipinski definition) is 1. The van der Waals surface area contributed by atoms with Crippen LogP contribution in [0.25, 0.3) is 0 Å². The van der Waals surface area contributed by atoms with Crippen LogP contribution in [-0.2, 0) is 17.8 Å². The Hall–Kier alpha value is -0.940. The predicted octanol–water partition coefficient (Wildman–Crippen LogP) is 2.53. The van der Waals surface area contributed by atoms with E-state index in [1.807, 2.05) is 0 Å². The first-order valence-corrected chi connectivity index (χ1v) is 7.34. The first-order valence-electron chi connectivity index (χ1n) is 6.46. The molecule has 0 bridgehead atoms. The summed E-state index contributed by atoms with van der Waals surface area (Å²) in [6, 6.07) is 1.15. The van der Waals surface area contributed by atoms with Crippen molar-refractivity contribution >= 4 is 17.3 Å². The molecule has 1 N–H and O–H groups in total. The molecule has 2 atom stereocenters. The van der Waals surface area contributed by atoms with Crippen molar-refractivity contribution in [2.75, 3.05) is 0 Å². The Morgan fingerprint density at radius 3 is 2.78 bits per heavy atom. The number of rotatable bonds is 4. The number of carboxylic acid groups (broad SMARTS) is 1. The van der Waals surface area contributed by atoms with Crippen LogP contribution in [0, 0.1) is 0 Å². The van der Waals surface area contributed by atoms with Crippen LogP contribution in [0.15, 0.2) is 5.51 Å². The summed E-state index contributed by atoms with van der Waals surface area (Å²) in [5.74, 6) is -0.804. The molecule has 2 heterocycles. The molecule has 0 aliphatic carbocycles. The quantitative estimate of drug-likeness (QED) is 0.911. The van der Waals surface area contributed by atoms with Gasteiger partial charge in [0.05, 0.1) is 17.6 Å². The van der Waals surface area contributed by atoms with E-state index >= 15 is 0 Å². The van der Waals surface area contributed by atoms with Crippen LogP contribution in [0.2, 0.25) is 0 Å². The third-order valence-electron chi connectivity index (χ3n) is 3.75. The van der Waals surface area contributed by atoms with Crippen molar-refractivity contribution in [2.45, 2.75) is 58.2 Å². The van der Waals surface area contributed by atoms with E-state index in [1.165, 1.54) is 19.3 Å². The number of aromatic nitrogens is 1. The fraction of sp³-hybridized carbons (Fsp3) is 0.692. The molecule has 18 heavy (non-hydrogen) atoms. The molecule has 2 rings (SSSR count). The number of thiazole rings is 1. The van der Waals surface area contributed by atoms with E-state index in [1.54, 1.807) is 16.8 Å². The minimum atomic E-state index is -0.804. The molecule has 0 aromatic carbocycles. The summed E-state index contributed by atoms with van der Waals surface area (Å²) in [4.78, 5) is 18.6. The number of nitrogens with zero attached hydrogens (tertiary/aromatic N) is 2. The Kier molecular flexibility index (Phi) is 4.35. The number of carbonyl (C=O) groups is 1. The van der Waals surface area contributed by atoms with Crippen LogP contribution in [0.3, 0.4) is 0 Å². The molecule has 1 saturated heterocycles. The largest absolute Gasteiger partial charge is 0.481 e. The molecule has 2 unspecified atom stereocenters. The van der Waals surface area contributed by atoms with E-state index < -0.39 is 5.97 Å². The molecule has 1 aliphatic heterocycles. The van der Waals surface area contributed by atoms with Gasteiger partial charge in [-0.15, -0.1) is 11.3 Å². The summed E-state index contributed by atoms with van der Waals surface area (Å²) in [5.41, 5.74) is 2.49. The predicted molar refractivity (Wildman–Crippen MR) is 71.8 cm³/mol. The highest BCUT2D eigenvalue weighted by Crippen LogP contribution is 2.26. The van der Waals surface area contributed by atoms with Gasteiger partial charge in [0.15, 0.2) is 0 Å². The van der Waals surface area contributed by atoms with E-state index in [-0.39, 0.29) is 6.42 Å². The van der Waals surface area contributed by atoms with Crippen LogP contribution in [0.4, 0.5) is 0 Å². The van der Waals surface area contributed by atoms with Gasteiger partial charge in [0, 0.05) is 23.5 Å². The number of aliphatic carboxylic acids is 1. The average Bonchev–Trinajstić information content (AvgIpc) is 2.70. The Balaban J connectivity index is 2.08. The molecular formula is C13H20N2O2S. The summed E-state index contributed by atoms with van der Waals surface area (Å²) in [6.07, 6.45) is 3.80. The fourth-order valence-corrected chi connectivity index (χ4v) is 3.45. The molecule has 0 amide bonds. The first-order chi connectivity index (χ1) is 8.58. The lowest BCUT2D eigenvalue weighted by Crippen LogP contribution is -2.42. The Morgan fingerprint density at radius 2 is 2.17 bits per heavy atom. The smallest absolute Gasteiger partial charge is 0.309 e. The molecule has 0 spiro atoms. The lowest BCUT2D eigenvalue weighted by molar-refractivity contribution is -0.136. The maximum absolute atomic E-state index is 10.8. The first kappa shape index (κ1) is 13.5. The summed E-state index contributed by atoms with van der Waals surface area (Å²) in [6.45, 7) is 5.36. The average molecular weight is 268 g/mol. The topological polar surface area (TPSA) is 53.4 Å². The van der Waals surface area contributed by atoms with Crippen molar-refractivity contribution in [3.63, 3.8) is 0 Å². The van der Waals surface area contributed by atoms with Crippen molar-refractivity contribution < 1.29 is 9.90 Å². The zero-order chi connectivity index (χ0) is 13.1. The van der Waals surface area contributed by atoms with Crippen molar-refractivity contribution in [3.8, 4) is 0 Å². The van der Waals surface area contributed by atoms with Crippen molar-refractivity contribution in [3.05, 3.63) is 16.1 Å². The van der Waals surface area contributed by atoms with Crippen molar-refractivity contribution in [1.82, 2.24) is 9.88 Å². The third-order valence-corrected chi connectivity index (χ3v) is 4.61. The van der Waals surface area contributed by atoms with Gasteiger partial charge in [-0.1, -0.05) is 6.42 Å². The second kappa shape index (κ2) is 5.80. The van der Waals surface area contributed by atoms with Gasteiger partial charge in [0.1, 0.15) is 0 Å². The van der Waals surface area contributed by atoms with Crippen LogP contribution in [-0.4, -0.2) is 33.0 Å². The van der Waals surface area contributed by atoms with Gasteiger partial charge in [-0.05, 0) is 26.7 Å². The van der Waals surface area contributed by atoms with Gasteiger partial charge in [-0.3, -0.25) is 9.69 Å². The standard InChI is InChI=1S/C13H20N2O2S/c1-9-4-3-5-10(2)15(9)7-12-11(6-13(16)17)14-8-18-12/h8-10H,3-7H2,1-2H3,(H,16,17). The molecule has 100 valence electrons. The normalized spacial score (nSPS) is 25.2. The number of piperidine rings is 1. The number of likely N-dealkylation sites (tertiary alicyclic amines) is 1. The van der Waals surface area contributed by atoms with Crippen molar-refractivity contribution in [2.24, 2.45) is 0 Å². The number of carboxylic acids is 1. The SMILES string of the molecule is CC1CCCC(C)N1Cc1scnc1CC(=O)O. The van der Waals surface area contributed by atoms with E-state index in [9.17, 15) is 4.79 Å². The Morgan fingerprint density at radius 1 is 1.50 bits per heavy atom. The summed E-state index contributed by atoms with van der Waals surface area (Å²) in [7, 11) is 0. The maximum Gasteiger partial charge on any atom is 0.309 e. The van der Waals surface area contributed by atoms with Crippen LogP contribution >= 0.6 is 11.3 Å². The molecule has 0 saturated carbocycles. The van der Waals surface area contributed by atoms with Gasteiger partial charge in [-0.2, -0.15) is 0 Å². The number of hydrogen-bond acceptors (Lipinski definition) is 4. The molecule has 4 nitrogen and oxygen atoms in total. The van der Waals surface area contributed by atoms with Gasteiger partial charge in [0.25, 0.3) is 0 Å². The maximum atomic E-state index is 10.8. The third kappa shape index (κ3) is 3.09. The lowest BCUT2D eigenvalue weighted by Gasteiger charge is -2.38. The molecule has 1 aromatic rings. The van der Waals surface area contributed by atoms with E-state index in [0.717, 1.165) is 17.1 Å². The monoisotopic (exact) mass is 268 g/mol. The van der Waals surface area contributed by atoms with E-state index in [4.69, 9.17) is 5.11 Å². The molecular weight excluding hydrogens is 248 g/mol. The van der Waals surface area contributed by atoms with E-state index in [0.29, 0.717) is 12.1 Å². The van der Waals surface area contributed by atoms with Crippen LogP contribution in [0.5, 0.6) is 0 Å². The molecule has 1 aliphatic rings. The Bertz CT molecular complexity index is 409. The highest BCUT2D eigenvalue weighted by Gasteiger charge is 2.26. The molecule has 1 aromatic heterocycles. The zero-order valence-electron chi connectivity index (χ0n) is 10.9. The fourth-order valence-electron chi connectivity index (χ4n) is 2.66. The second-order valence-corrected chi connectivity index (χ2v) is 6.03. The van der Waals surface area contributed by atoms with Crippen molar-refractivity contribution in [1.29, 1.82) is 0 Å². The lowest BCUT2D eigenvalue weighted by atomic mass is 9.97. The summed E-state index contributed by atoms with van der Waals surface area (Å²) >= 11 is 1.57. The highest BCUT2D eigenvalue weighted by molar-refractivity contribution is 7.09. The molecule has 1 fully saturated rings. The minimum absolute atomic E-state index is 0.0371. The summed E-state index contributed by atoms with van der Waals surface area (Å²) < 4.78 is 0.